The molecule has 0 unspecified atom stereocenters. The Morgan fingerprint density at radius 3 is 2.86 bits per heavy atom. The van der Waals surface area contributed by atoms with Crippen molar-refractivity contribution in [2.75, 3.05) is 25.2 Å². The van der Waals surface area contributed by atoms with Crippen molar-refractivity contribution in [3.63, 3.8) is 0 Å². The number of ether oxygens (including phenoxy) is 1. The number of amides is 2. The average Bonchev–Trinajstić information content (AvgIpc) is 3.09. The van der Waals surface area contributed by atoms with Gasteiger partial charge in [-0.25, -0.2) is 9.78 Å². The van der Waals surface area contributed by atoms with Crippen molar-refractivity contribution >= 4 is 51.6 Å². The van der Waals surface area contributed by atoms with E-state index in [1.807, 2.05) is 6.92 Å². The first-order chi connectivity index (χ1) is 13.4. The van der Waals surface area contributed by atoms with E-state index in [-0.39, 0.29) is 12.3 Å². The number of aromatic nitrogens is 1. The van der Waals surface area contributed by atoms with E-state index in [4.69, 9.17) is 10.5 Å². The lowest BCUT2D eigenvalue weighted by molar-refractivity contribution is -0.150. The molecule has 0 aliphatic carbocycles. The Hall–Kier alpha value is -2.37. The van der Waals surface area contributed by atoms with Gasteiger partial charge in [0.25, 0.3) is 11.8 Å². The zero-order valence-electron chi connectivity index (χ0n) is 15.3. The third kappa shape index (κ3) is 3.64. The van der Waals surface area contributed by atoms with Gasteiger partial charge in [-0.05, 0) is 12.0 Å². The number of carboxylic acids is 1. The fourth-order valence-corrected chi connectivity index (χ4v) is 5.01. The van der Waals surface area contributed by atoms with Gasteiger partial charge >= 0.3 is 5.97 Å². The molecule has 1 saturated heterocycles. The van der Waals surface area contributed by atoms with E-state index in [1.54, 1.807) is 11.5 Å². The third-order valence-electron chi connectivity index (χ3n) is 4.31. The van der Waals surface area contributed by atoms with Crippen molar-refractivity contribution in [1.82, 2.24) is 15.2 Å². The number of anilines is 1. The first-order valence-electron chi connectivity index (χ1n) is 8.50. The molecule has 0 saturated carbocycles. The number of thiazole rings is 1. The van der Waals surface area contributed by atoms with Crippen LogP contribution in [0, 0.1) is 0 Å². The monoisotopic (exact) mass is 424 g/mol. The number of thioether (sulfide) groups is 1. The molecule has 2 aliphatic heterocycles. The number of methoxy groups -OCH3 is 1. The number of aliphatic carboxylic acids is 1. The number of carbonyl (C=O) groups is 3. The number of nitrogens with two attached hydrogens (primary N) is 1. The SMILES string of the molecule is CC/C=C(\C(=O)N[C@@H]1C(=O)N2C(C(=O)O)=C(COC)CS[C@H]12)c1csc(N)n1. The van der Waals surface area contributed by atoms with Gasteiger partial charge in [-0.2, -0.15) is 0 Å². The van der Waals surface area contributed by atoms with E-state index in [2.05, 4.69) is 10.3 Å². The third-order valence-corrected chi connectivity index (χ3v) is 6.32. The molecule has 1 aromatic rings. The van der Waals surface area contributed by atoms with Crippen molar-refractivity contribution in [2.45, 2.75) is 24.8 Å². The molecule has 4 N–H and O–H groups in total. The highest BCUT2D eigenvalue weighted by molar-refractivity contribution is 8.00. The lowest BCUT2D eigenvalue weighted by Crippen LogP contribution is -2.70. The molecule has 0 bridgehead atoms. The van der Waals surface area contributed by atoms with Crippen LogP contribution in [-0.2, 0) is 19.1 Å². The number of allylic oxidation sites excluding steroid dienone is 1. The molecule has 11 heteroatoms. The number of β-lactam (4-membered cyclic amide) rings is 1. The normalized spacial score (nSPS) is 22.0. The molecular formula is C17H20N4O5S2. The van der Waals surface area contributed by atoms with Crippen molar-refractivity contribution in [3.05, 3.63) is 28.4 Å². The molecule has 2 atom stereocenters. The average molecular weight is 425 g/mol. The molecule has 0 aromatic carbocycles. The topological polar surface area (TPSA) is 135 Å². The summed E-state index contributed by atoms with van der Waals surface area (Å²) in [5, 5.41) is 13.8. The van der Waals surface area contributed by atoms with Gasteiger partial charge in [-0.1, -0.05) is 13.0 Å². The van der Waals surface area contributed by atoms with Crippen LogP contribution in [0.5, 0.6) is 0 Å². The predicted octanol–water partition coefficient (Wildman–Crippen LogP) is 0.904. The minimum atomic E-state index is -1.18. The smallest absolute Gasteiger partial charge is 0.352 e. The second-order valence-electron chi connectivity index (χ2n) is 6.15. The maximum Gasteiger partial charge on any atom is 0.352 e. The largest absolute Gasteiger partial charge is 0.477 e. The summed E-state index contributed by atoms with van der Waals surface area (Å²) < 4.78 is 5.04. The second-order valence-corrected chi connectivity index (χ2v) is 8.14. The first kappa shape index (κ1) is 20.4. The van der Waals surface area contributed by atoms with Gasteiger partial charge in [-0.15, -0.1) is 23.1 Å². The summed E-state index contributed by atoms with van der Waals surface area (Å²) in [4.78, 5) is 42.4. The summed E-state index contributed by atoms with van der Waals surface area (Å²) in [6, 6.07) is -0.799. The van der Waals surface area contributed by atoms with E-state index < -0.39 is 29.2 Å². The molecule has 3 heterocycles. The van der Waals surface area contributed by atoms with Gasteiger partial charge in [0.2, 0.25) is 0 Å². The summed E-state index contributed by atoms with van der Waals surface area (Å²) in [6.07, 6.45) is 2.33. The molecule has 2 amide bonds. The van der Waals surface area contributed by atoms with Crippen LogP contribution in [0.3, 0.4) is 0 Å². The molecular weight excluding hydrogens is 404 g/mol. The van der Waals surface area contributed by atoms with Crippen LogP contribution >= 0.6 is 23.1 Å². The fraction of sp³-hybridized carbons (Fsp3) is 0.412. The minimum Gasteiger partial charge on any atom is -0.477 e. The van der Waals surface area contributed by atoms with Crippen molar-refractivity contribution in [2.24, 2.45) is 0 Å². The Bertz CT molecular complexity index is 879. The molecule has 1 aromatic heterocycles. The molecule has 150 valence electrons. The lowest BCUT2D eigenvalue weighted by Gasteiger charge is -2.49. The van der Waals surface area contributed by atoms with E-state index in [0.29, 0.717) is 34.1 Å². The summed E-state index contributed by atoms with van der Waals surface area (Å²) in [6.45, 7) is 2.02. The number of carboxylic acid groups (broad SMARTS) is 1. The Morgan fingerprint density at radius 2 is 2.29 bits per heavy atom. The summed E-state index contributed by atoms with van der Waals surface area (Å²) in [5.41, 5.74) is 6.94. The highest BCUT2D eigenvalue weighted by Crippen LogP contribution is 2.40. The molecule has 0 spiro atoms. The Labute approximate surface area is 169 Å². The number of hydrogen-bond donors (Lipinski definition) is 3. The van der Waals surface area contributed by atoms with E-state index in [1.165, 1.54) is 35.1 Å². The Morgan fingerprint density at radius 1 is 1.54 bits per heavy atom. The van der Waals surface area contributed by atoms with Gasteiger partial charge < -0.3 is 20.9 Å². The number of hydrogen-bond acceptors (Lipinski definition) is 8. The highest BCUT2D eigenvalue weighted by atomic mass is 32.2. The molecule has 1 fully saturated rings. The summed E-state index contributed by atoms with van der Waals surface area (Å²) in [7, 11) is 1.47. The standard InChI is InChI=1S/C17H20N4O5S2/c1-3-4-9(10-7-28-17(18)19-10)13(22)20-11-14(23)21-12(16(24)25)8(5-26-2)6-27-15(11)21/h4,7,11,15H,3,5-6H2,1-2H3,(H2,18,19)(H,20,22)(H,24,25)/b9-4-/t11-,15-/m1/s1. The number of rotatable bonds is 7. The van der Waals surface area contributed by atoms with Crippen LogP contribution in [0.25, 0.3) is 5.57 Å². The molecule has 28 heavy (non-hydrogen) atoms. The molecule has 3 rings (SSSR count). The molecule has 2 aliphatic rings. The summed E-state index contributed by atoms with van der Waals surface area (Å²) >= 11 is 2.62. The van der Waals surface area contributed by atoms with Crippen LogP contribution in [0.2, 0.25) is 0 Å². The van der Waals surface area contributed by atoms with E-state index in [0.717, 1.165) is 0 Å². The number of nitrogens with one attached hydrogen (secondary N) is 1. The Balaban J connectivity index is 1.78. The van der Waals surface area contributed by atoms with Gasteiger partial charge in [0.1, 0.15) is 17.1 Å². The number of carbonyl (C=O) groups excluding carboxylic acids is 2. The maximum atomic E-state index is 12.8. The van der Waals surface area contributed by atoms with Gasteiger partial charge in [0, 0.05) is 18.2 Å². The number of nitrogens with zero attached hydrogens (tertiary/aromatic N) is 2. The van der Waals surface area contributed by atoms with Gasteiger partial charge in [-0.3, -0.25) is 14.5 Å². The van der Waals surface area contributed by atoms with Gasteiger partial charge in [0.05, 0.1) is 17.9 Å². The van der Waals surface area contributed by atoms with Crippen LogP contribution in [-0.4, -0.2) is 63.7 Å². The molecule has 0 radical (unpaired) electrons. The first-order valence-corrected chi connectivity index (χ1v) is 10.4. The number of fused-ring (bicyclic) bond motifs is 1. The lowest BCUT2D eigenvalue weighted by atomic mass is 10.0. The zero-order valence-corrected chi connectivity index (χ0v) is 16.9. The van der Waals surface area contributed by atoms with Crippen molar-refractivity contribution < 1.29 is 24.2 Å². The fourth-order valence-electron chi connectivity index (χ4n) is 3.12. The number of nitrogen functional groups attached to an aromatic ring is 1. The van der Waals surface area contributed by atoms with Crippen LogP contribution in [0.1, 0.15) is 19.0 Å². The minimum absolute atomic E-state index is 0.0577. The predicted molar refractivity (Wildman–Crippen MR) is 106 cm³/mol. The van der Waals surface area contributed by atoms with E-state index in [9.17, 15) is 19.5 Å². The van der Waals surface area contributed by atoms with E-state index >= 15 is 0 Å². The van der Waals surface area contributed by atoms with Crippen LogP contribution < -0.4 is 11.1 Å². The quantitative estimate of drug-likeness (QED) is 0.434. The highest BCUT2D eigenvalue weighted by Gasteiger charge is 2.54. The van der Waals surface area contributed by atoms with Crippen LogP contribution in [0.4, 0.5) is 5.13 Å². The zero-order chi connectivity index (χ0) is 20.4. The van der Waals surface area contributed by atoms with Crippen molar-refractivity contribution in [3.8, 4) is 0 Å². The van der Waals surface area contributed by atoms with Crippen LogP contribution in [0.15, 0.2) is 22.7 Å². The second kappa shape index (κ2) is 8.33. The summed E-state index contributed by atoms with van der Waals surface area (Å²) in [5.74, 6) is -1.66. The molecule has 9 nitrogen and oxygen atoms in total. The maximum absolute atomic E-state index is 12.8. The van der Waals surface area contributed by atoms with Gasteiger partial charge in [0.15, 0.2) is 5.13 Å². The van der Waals surface area contributed by atoms with Crippen molar-refractivity contribution in [1.29, 1.82) is 0 Å². The Kier molecular flexibility index (Phi) is 6.06.